The second kappa shape index (κ2) is 10.0. The van der Waals surface area contributed by atoms with Crippen LogP contribution >= 0.6 is 23.1 Å². The van der Waals surface area contributed by atoms with Crippen LogP contribution in [0, 0.1) is 20.8 Å². The molecule has 0 bridgehead atoms. The fourth-order valence-electron chi connectivity index (χ4n) is 3.48. The summed E-state index contributed by atoms with van der Waals surface area (Å²) in [5.74, 6) is 1.97. The van der Waals surface area contributed by atoms with Crippen molar-refractivity contribution in [3.63, 3.8) is 0 Å². The van der Waals surface area contributed by atoms with E-state index in [4.69, 9.17) is 19.1 Å². The maximum absolute atomic E-state index is 13.4. The van der Waals surface area contributed by atoms with Crippen LogP contribution in [0.25, 0.3) is 21.7 Å². The summed E-state index contributed by atoms with van der Waals surface area (Å²) in [6.45, 7) is 9.80. The highest BCUT2D eigenvalue weighted by Crippen LogP contribution is 2.31. The highest BCUT2D eigenvalue weighted by Gasteiger charge is 2.18. The zero-order valence-electron chi connectivity index (χ0n) is 18.8. The van der Waals surface area contributed by atoms with E-state index in [9.17, 15) is 4.79 Å². The van der Waals surface area contributed by atoms with E-state index in [0.29, 0.717) is 36.6 Å². The number of thiophene rings is 1. The number of fused-ring (bicyclic) bond motifs is 1. The molecule has 3 aromatic heterocycles. The van der Waals surface area contributed by atoms with Crippen LogP contribution in [0.1, 0.15) is 35.2 Å². The van der Waals surface area contributed by atoms with Gasteiger partial charge in [0.15, 0.2) is 5.16 Å². The van der Waals surface area contributed by atoms with Gasteiger partial charge in [0.25, 0.3) is 5.56 Å². The predicted octanol–water partition coefficient (Wildman–Crippen LogP) is 5.76. The number of hydrogen-bond donors (Lipinski definition) is 0. The normalized spacial score (nSPS) is 11.5. The molecule has 4 aromatic rings. The first-order chi connectivity index (χ1) is 15.5. The van der Waals surface area contributed by atoms with Crippen molar-refractivity contribution in [1.29, 1.82) is 0 Å². The average molecular weight is 470 g/mol. The molecule has 0 atom stereocenters. The van der Waals surface area contributed by atoms with Gasteiger partial charge in [0.05, 0.1) is 11.1 Å². The molecule has 0 aliphatic heterocycles. The van der Waals surface area contributed by atoms with Crippen LogP contribution in [-0.2, 0) is 17.0 Å². The van der Waals surface area contributed by atoms with Crippen molar-refractivity contribution < 1.29 is 9.15 Å². The summed E-state index contributed by atoms with van der Waals surface area (Å²) in [6.07, 6.45) is 0.762. The van der Waals surface area contributed by atoms with Gasteiger partial charge in [-0.15, -0.1) is 11.3 Å². The van der Waals surface area contributed by atoms with Gasteiger partial charge in [-0.25, -0.2) is 9.97 Å². The Morgan fingerprint density at radius 1 is 1.16 bits per heavy atom. The van der Waals surface area contributed by atoms with E-state index >= 15 is 0 Å². The van der Waals surface area contributed by atoms with Gasteiger partial charge in [-0.05, 0) is 51.8 Å². The van der Waals surface area contributed by atoms with E-state index in [1.165, 1.54) is 11.8 Å². The lowest BCUT2D eigenvalue weighted by molar-refractivity contribution is 0.140. The molecule has 0 saturated carbocycles. The van der Waals surface area contributed by atoms with Crippen LogP contribution in [0.5, 0.6) is 0 Å². The predicted molar refractivity (Wildman–Crippen MR) is 131 cm³/mol. The Kier molecular flexibility index (Phi) is 7.13. The summed E-state index contributed by atoms with van der Waals surface area (Å²) >= 11 is 3.10. The molecule has 0 aliphatic rings. The van der Waals surface area contributed by atoms with Crippen LogP contribution in [-0.4, -0.2) is 27.7 Å². The molecule has 0 unspecified atom stereocenters. The number of aromatic nitrogens is 3. The fraction of sp³-hybridized carbons (Fsp3) is 0.375. The topological polar surface area (TPSA) is 70.2 Å². The van der Waals surface area contributed by atoms with Gasteiger partial charge in [0.2, 0.25) is 5.89 Å². The molecule has 0 spiro atoms. The third-order valence-corrected chi connectivity index (χ3v) is 7.47. The van der Waals surface area contributed by atoms with Gasteiger partial charge >= 0.3 is 0 Å². The highest BCUT2D eigenvalue weighted by atomic mass is 32.2. The van der Waals surface area contributed by atoms with E-state index in [1.807, 2.05) is 58.0 Å². The zero-order valence-corrected chi connectivity index (χ0v) is 20.4. The summed E-state index contributed by atoms with van der Waals surface area (Å²) in [4.78, 5) is 24.9. The van der Waals surface area contributed by atoms with Gasteiger partial charge in [0.1, 0.15) is 10.6 Å². The third-order valence-electron chi connectivity index (χ3n) is 5.38. The molecule has 6 nitrogen and oxygen atoms in total. The van der Waals surface area contributed by atoms with Crippen molar-refractivity contribution >= 4 is 33.3 Å². The Morgan fingerprint density at radius 2 is 1.94 bits per heavy atom. The highest BCUT2D eigenvalue weighted by molar-refractivity contribution is 7.98. The van der Waals surface area contributed by atoms with E-state index in [-0.39, 0.29) is 5.56 Å². The van der Waals surface area contributed by atoms with E-state index in [1.54, 1.807) is 15.9 Å². The first-order valence-corrected chi connectivity index (χ1v) is 12.5. The van der Waals surface area contributed by atoms with Gasteiger partial charge in [-0.1, -0.05) is 30.0 Å². The SMILES string of the molecule is CCOCCCn1c(SCc2nc(-c3ccccc3)oc2C)nc2sc(C)c(C)c2c1=O. The molecule has 168 valence electrons. The minimum absolute atomic E-state index is 0.0256. The number of rotatable bonds is 9. The van der Waals surface area contributed by atoms with Crippen molar-refractivity contribution in [2.45, 2.75) is 51.6 Å². The summed E-state index contributed by atoms with van der Waals surface area (Å²) in [5.41, 5.74) is 2.86. The minimum Gasteiger partial charge on any atom is -0.441 e. The Balaban J connectivity index is 1.63. The summed E-state index contributed by atoms with van der Waals surface area (Å²) in [6, 6.07) is 9.86. The molecule has 1 aromatic carbocycles. The molecule has 0 N–H and O–H groups in total. The van der Waals surface area contributed by atoms with Gasteiger partial charge < -0.3 is 9.15 Å². The van der Waals surface area contributed by atoms with Crippen LogP contribution < -0.4 is 5.56 Å². The Bertz CT molecular complexity index is 1280. The van der Waals surface area contributed by atoms with Gasteiger partial charge in [-0.2, -0.15) is 0 Å². The number of thioether (sulfide) groups is 1. The molecule has 4 rings (SSSR count). The van der Waals surface area contributed by atoms with Gasteiger partial charge in [0, 0.05) is 36.0 Å². The van der Waals surface area contributed by atoms with Crippen molar-refractivity contribution in [3.05, 3.63) is 62.6 Å². The van der Waals surface area contributed by atoms with E-state index < -0.39 is 0 Å². The van der Waals surface area contributed by atoms with Crippen molar-refractivity contribution in [2.24, 2.45) is 0 Å². The van der Waals surface area contributed by atoms with Crippen LogP contribution in [0.3, 0.4) is 0 Å². The molecule has 32 heavy (non-hydrogen) atoms. The fourth-order valence-corrected chi connectivity index (χ4v) is 5.58. The number of nitrogens with zero attached hydrogens (tertiary/aromatic N) is 3. The second-order valence-corrected chi connectivity index (χ2v) is 9.69. The number of ether oxygens (including phenoxy) is 1. The second-order valence-electron chi connectivity index (χ2n) is 7.54. The van der Waals surface area contributed by atoms with Crippen LogP contribution in [0.15, 0.2) is 44.7 Å². The first-order valence-electron chi connectivity index (χ1n) is 10.7. The molecule has 0 saturated heterocycles. The number of benzene rings is 1. The molecule has 0 amide bonds. The van der Waals surface area contributed by atoms with E-state index in [0.717, 1.165) is 44.1 Å². The van der Waals surface area contributed by atoms with Crippen LogP contribution in [0.2, 0.25) is 0 Å². The molecular weight excluding hydrogens is 442 g/mol. The number of hydrogen-bond acceptors (Lipinski definition) is 7. The summed E-state index contributed by atoms with van der Waals surface area (Å²) in [5, 5.41) is 1.45. The van der Waals surface area contributed by atoms with Crippen molar-refractivity contribution in [1.82, 2.24) is 14.5 Å². The lowest BCUT2D eigenvalue weighted by Gasteiger charge is -2.12. The molecule has 0 fully saturated rings. The molecule has 3 heterocycles. The minimum atomic E-state index is 0.0256. The average Bonchev–Trinajstić information content (AvgIpc) is 3.30. The molecule has 0 aliphatic carbocycles. The van der Waals surface area contributed by atoms with Crippen LogP contribution in [0.4, 0.5) is 0 Å². The van der Waals surface area contributed by atoms with Crippen molar-refractivity contribution in [3.8, 4) is 11.5 Å². The maximum Gasteiger partial charge on any atom is 0.263 e. The lowest BCUT2D eigenvalue weighted by Crippen LogP contribution is -2.24. The lowest BCUT2D eigenvalue weighted by atomic mass is 10.2. The monoisotopic (exact) mass is 469 g/mol. The van der Waals surface area contributed by atoms with E-state index in [2.05, 4.69) is 0 Å². The maximum atomic E-state index is 13.4. The number of aryl methyl sites for hydroxylation is 3. The standard InChI is InChI=1S/C24H27N3O3S2/c1-5-29-13-9-12-27-23(28)20-15(2)17(4)32-22(20)26-24(27)31-14-19-16(3)30-21(25-19)18-10-7-6-8-11-18/h6-8,10-11H,5,9,12-14H2,1-4H3. The quantitative estimate of drug-likeness (QED) is 0.176. The molecule has 8 heteroatoms. The molecule has 0 radical (unpaired) electrons. The smallest absolute Gasteiger partial charge is 0.263 e. The first kappa shape index (κ1) is 22.8. The molecular formula is C24H27N3O3S2. The number of oxazole rings is 1. The van der Waals surface area contributed by atoms with Crippen molar-refractivity contribution in [2.75, 3.05) is 13.2 Å². The summed E-state index contributed by atoms with van der Waals surface area (Å²) in [7, 11) is 0. The summed E-state index contributed by atoms with van der Waals surface area (Å²) < 4.78 is 13.2. The largest absolute Gasteiger partial charge is 0.441 e. The Hall–Kier alpha value is -2.42. The zero-order chi connectivity index (χ0) is 22.7. The van der Waals surface area contributed by atoms with Gasteiger partial charge in [-0.3, -0.25) is 9.36 Å². The third kappa shape index (κ3) is 4.67. The Morgan fingerprint density at radius 3 is 2.69 bits per heavy atom. The Labute approximate surface area is 195 Å².